The molecule has 12 heavy (non-hydrogen) atoms. The Kier molecular flexibility index (Phi) is 1.70. The summed E-state index contributed by atoms with van der Waals surface area (Å²) in [6.07, 6.45) is 1.33. The molecule has 3 heteroatoms. The molecular weight excluding hydrogens is 154 g/mol. The highest BCUT2D eigenvalue weighted by Crippen LogP contribution is 1.93. The van der Waals surface area contributed by atoms with Crippen molar-refractivity contribution in [3.8, 4) is 0 Å². The standard InChI is InChI=1S/C9H12NO2/c1-3-12-9(11)8-6-4-5-7-10(8)2/h4-7H,3H2,1-2H3/q+1/i2D3. The fourth-order valence-electron chi connectivity index (χ4n) is 0.814. The molecule has 1 aromatic heterocycles. The van der Waals surface area contributed by atoms with Gasteiger partial charge in [0.1, 0.15) is 11.1 Å². The molecule has 64 valence electrons. The number of ether oxygens (including phenoxy) is 1. The van der Waals surface area contributed by atoms with Crippen LogP contribution in [0.3, 0.4) is 0 Å². The van der Waals surface area contributed by atoms with E-state index in [1.54, 1.807) is 19.1 Å². The lowest BCUT2D eigenvalue weighted by Crippen LogP contribution is -2.36. The second kappa shape index (κ2) is 3.85. The Morgan fingerprint density at radius 2 is 2.58 bits per heavy atom. The van der Waals surface area contributed by atoms with Crippen molar-refractivity contribution in [2.75, 3.05) is 6.61 Å². The maximum atomic E-state index is 11.4. The smallest absolute Gasteiger partial charge is 0.403 e. The molecule has 0 fully saturated rings. The van der Waals surface area contributed by atoms with Crippen LogP contribution in [-0.4, -0.2) is 12.6 Å². The molecule has 0 saturated heterocycles. The second-order valence-electron chi connectivity index (χ2n) is 2.18. The maximum Gasteiger partial charge on any atom is 0.403 e. The molecule has 0 atom stereocenters. The van der Waals surface area contributed by atoms with E-state index in [4.69, 9.17) is 8.85 Å². The average molecular weight is 169 g/mol. The number of hydrogen-bond donors (Lipinski definition) is 0. The van der Waals surface area contributed by atoms with Crippen LogP contribution >= 0.6 is 0 Å². The number of nitrogens with zero attached hydrogens (tertiary/aromatic N) is 1. The minimum Gasteiger partial charge on any atom is -0.458 e. The Labute approximate surface area is 75.8 Å². The largest absolute Gasteiger partial charge is 0.458 e. The topological polar surface area (TPSA) is 30.2 Å². The maximum absolute atomic E-state index is 11.4. The van der Waals surface area contributed by atoms with Gasteiger partial charge in [0.05, 0.1) is 6.61 Å². The molecular formula is C9H12NO2+. The van der Waals surface area contributed by atoms with E-state index in [0.717, 1.165) is 4.57 Å². The lowest BCUT2D eigenvalue weighted by atomic mass is 10.3. The average Bonchev–Trinajstić information content (AvgIpc) is 2.17. The quantitative estimate of drug-likeness (QED) is 0.481. The van der Waals surface area contributed by atoms with E-state index in [9.17, 15) is 4.79 Å². The zero-order valence-electron chi connectivity index (χ0n) is 9.78. The first-order chi connectivity index (χ1) is 6.96. The van der Waals surface area contributed by atoms with Gasteiger partial charge < -0.3 is 4.74 Å². The van der Waals surface area contributed by atoms with E-state index < -0.39 is 12.9 Å². The van der Waals surface area contributed by atoms with E-state index >= 15 is 0 Å². The molecule has 1 heterocycles. The zero-order chi connectivity index (χ0) is 11.5. The fraction of sp³-hybridized carbons (Fsp3) is 0.333. The van der Waals surface area contributed by atoms with Crippen molar-refractivity contribution in [1.82, 2.24) is 0 Å². The van der Waals surface area contributed by atoms with Crippen molar-refractivity contribution in [2.45, 2.75) is 6.92 Å². The molecule has 0 amide bonds. The van der Waals surface area contributed by atoms with Gasteiger partial charge in [-0.15, -0.1) is 0 Å². The molecule has 3 nitrogen and oxygen atoms in total. The molecule has 1 rings (SSSR count). The van der Waals surface area contributed by atoms with E-state index in [2.05, 4.69) is 0 Å². The van der Waals surface area contributed by atoms with Gasteiger partial charge in [-0.3, -0.25) is 0 Å². The Hall–Kier alpha value is -1.38. The first-order valence-electron chi connectivity index (χ1n) is 5.15. The first kappa shape index (κ1) is 5.30. The Bertz CT molecular complexity index is 363. The highest BCUT2D eigenvalue weighted by molar-refractivity contribution is 5.85. The lowest BCUT2D eigenvalue weighted by Gasteiger charge is -1.98. The summed E-state index contributed by atoms with van der Waals surface area (Å²) in [7, 11) is 0. The molecule has 0 aliphatic rings. The third-order valence-corrected chi connectivity index (χ3v) is 1.34. The normalized spacial score (nSPS) is 14.2. The molecule has 0 saturated carbocycles. The number of carbonyl (C=O) groups excluding carboxylic acids is 1. The van der Waals surface area contributed by atoms with Gasteiger partial charge in [0.15, 0.2) is 6.20 Å². The van der Waals surface area contributed by atoms with E-state index in [-0.39, 0.29) is 12.3 Å². The van der Waals surface area contributed by atoms with Crippen LogP contribution in [0.15, 0.2) is 24.4 Å². The van der Waals surface area contributed by atoms with Crippen molar-refractivity contribution >= 4 is 5.97 Å². The highest BCUT2D eigenvalue weighted by Gasteiger charge is 2.15. The van der Waals surface area contributed by atoms with Gasteiger partial charge in [0.25, 0.3) is 5.69 Å². The summed E-state index contributed by atoms with van der Waals surface area (Å²) in [4.78, 5) is 11.4. The molecule has 0 unspecified atom stereocenters. The van der Waals surface area contributed by atoms with Crippen LogP contribution in [0.1, 0.15) is 21.5 Å². The predicted molar refractivity (Wildman–Crippen MR) is 43.6 cm³/mol. The van der Waals surface area contributed by atoms with Gasteiger partial charge in [-0.1, -0.05) is 0 Å². The van der Waals surface area contributed by atoms with Crippen molar-refractivity contribution < 1.29 is 18.2 Å². The van der Waals surface area contributed by atoms with Crippen LogP contribution in [0.4, 0.5) is 0 Å². The molecule has 0 N–H and O–H groups in total. The summed E-state index contributed by atoms with van der Waals surface area (Å²) in [6.45, 7) is -0.487. The number of aryl methyl sites for hydroxylation is 1. The number of aromatic nitrogens is 1. The minimum atomic E-state index is -2.37. The van der Waals surface area contributed by atoms with E-state index in [0.29, 0.717) is 0 Å². The molecule has 0 aliphatic carbocycles. The minimum absolute atomic E-state index is 0.0272. The number of hydrogen-bond acceptors (Lipinski definition) is 2. The second-order valence-corrected chi connectivity index (χ2v) is 2.18. The van der Waals surface area contributed by atoms with Gasteiger partial charge >= 0.3 is 5.97 Å². The van der Waals surface area contributed by atoms with E-state index in [1.165, 1.54) is 12.3 Å². The van der Waals surface area contributed by atoms with Crippen molar-refractivity contribution in [3.63, 3.8) is 0 Å². The van der Waals surface area contributed by atoms with Gasteiger partial charge in [-0.05, 0) is 13.0 Å². The van der Waals surface area contributed by atoms with Gasteiger partial charge in [-0.25, -0.2) is 4.79 Å². The summed E-state index contributed by atoms with van der Waals surface area (Å²) >= 11 is 0. The van der Waals surface area contributed by atoms with Crippen molar-refractivity contribution in [2.24, 2.45) is 6.98 Å². The number of rotatable bonds is 2. The van der Waals surface area contributed by atoms with Gasteiger partial charge in [0.2, 0.25) is 0 Å². The summed E-state index contributed by atoms with van der Waals surface area (Å²) in [6, 6.07) is 4.56. The number of pyridine rings is 1. The third-order valence-electron chi connectivity index (χ3n) is 1.34. The van der Waals surface area contributed by atoms with Gasteiger partial charge in [-0.2, -0.15) is 4.57 Å². The van der Waals surface area contributed by atoms with Crippen LogP contribution < -0.4 is 4.57 Å². The van der Waals surface area contributed by atoms with Crippen LogP contribution in [0.5, 0.6) is 0 Å². The van der Waals surface area contributed by atoms with Crippen LogP contribution in [0.25, 0.3) is 0 Å². The van der Waals surface area contributed by atoms with Crippen LogP contribution in [-0.2, 0) is 11.7 Å². The van der Waals surface area contributed by atoms with Crippen molar-refractivity contribution in [1.29, 1.82) is 0 Å². The number of carbonyl (C=O) groups is 1. The molecule has 0 radical (unpaired) electrons. The highest BCUT2D eigenvalue weighted by atomic mass is 16.5. The summed E-state index contributed by atoms with van der Waals surface area (Å²) in [5.74, 6) is -0.630. The zero-order valence-corrected chi connectivity index (χ0v) is 6.78. The molecule has 0 bridgehead atoms. The lowest BCUT2D eigenvalue weighted by molar-refractivity contribution is -0.674. The van der Waals surface area contributed by atoms with Crippen LogP contribution in [0, 0.1) is 0 Å². The molecule has 0 aliphatic heterocycles. The molecule has 1 aromatic rings. The number of esters is 1. The Balaban J connectivity index is 3.12. The first-order valence-corrected chi connectivity index (χ1v) is 3.65. The Morgan fingerprint density at radius 3 is 3.25 bits per heavy atom. The molecule has 0 aromatic carbocycles. The Morgan fingerprint density at radius 1 is 1.75 bits per heavy atom. The van der Waals surface area contributed by atoms with Crippen LogP contribution in [0.2, 0.25) is 0 Å². The van der Waals surface area contributed by atoms with E-state index in [1.807, 2.05) is 0 Å². The third kappa shape index (κ3) is 1.81. The van der Waals surface area contributed by atoms with Crippen molar-refractivity contribution in [3.05, 3.63) is 30.1 Å². The summed E-state index contributed by atoms with van der Waals surface area (Å²) in [5, 5.41) is 0. The summed E-state index contributed by atoms with van der Waals surface area (Å²) in [5.41, 5.74) is 0.0272. The SMILES string of the molecule is [2H]C([2H])([2H])[n+]1ccccc1C(=O)OCC. The fourth-order valence-corrected chi connectivity index (χ4v) is 0.814. The summed E-state index contributed by atoms with van der Waals surface area (Å²) < 4.78 is 27.4. The molecule has 0 spiro atoms. The predicted octanol–water partition coefficient (Wildman–Crippen LogP) is 0.688. The monoisotopic (exact) mass is 169 g/mol. The van der Waals surface area contributed by atoms with Gasteiger partial charge in [0, 0.05) is 12.1 Å².